The number of nitrogens with zero attached hydrogens (tertiary/aromatic N) is 2. The minimum Gasteiger partial charge on any atom is -0.490 e. The summed E-state index contributed by atoms with van der Waals surface area (Å²) in [5.41, 5.74) is 2.52. The van der Waals surface area contributed by atoms with Gasteiger partial charge in [-0.05, 0) is 61.7 Å². The first-order valence-electron chi connectivity index (χ1n) is 10.1. The van der Waals surface area contributed by atoms with Crippen LogP contribution in [0.2, 0.25) is 0 Å². The summed E-state index contributed by atoms with van der Waals surface area (Å²) in [5.74, 6) is -0.134. The van der Waals surface area contributed by atoms with Gasteiger partial charge in [0.25, 0.3) is 5.91 Å². The minimum absolute atomic E-state index is 0.0669. The number of carbonyl (C=O) groups is 1. The zero-order chi connectivity index (χ0) is 23.6. The van der Waals surface area contributed by atoms with Crippen molar-refractivity contribution in [1.29, 1.82) is 0 Å². The van der Waals surface area contributed by atoms with Crippen LogP contribution >= 0.6 is 0 Å². The van der Waals surface area contributed by atoms with Gasteiger partial charge in [0.05, 0.1) is 18.6 Å². The van der Waals surface area contributed by atoms with Crippen LogP contribution in [0.1, 0.15) is 35.3 Å². The number of anilines is 1. The number of rotatable bonds is 8. The first-order valence-corrected chi connectivity index (χ1v) is 11.9. The van der Waals surface area contributed by atoms with E-state index >= 15 is 0 Å². The average Bonchev–Trinajstić information content (AvgIpc) is 3.04. The molecule has 0 aliphatic carbocycles. The first-order chi connectivity index (χ1) is 15.0. The van der Waals surface area contributed by atoms with Gasteiger partial charge in [0.15, 0.2) is 11.5 Å². The number of sulfonamides is 1. The highest BCUT2D eigenvalue weighted by Crippen LogP contribution is 2.35. The highest BCUT2D eigenvalue weighted by atomic mass is 32.2. The van der Waals surface area contributed by atoms with E-state index < -0.39 is 16.6 Å². The Bertz CT molecular complexity index is 1110. The van der Waals surface area contributed by atoms with Gasteiger partial charge in [0.2, 0.25) is 10.0 Å². The standard InChI is InChI=1S/C22H26F2N2O5S/c1-5-30-20-11-15(6-9-19(20)31-22(23)24)13-25(3)21(27)16-7-8-18-17(12-16)10-14(2)26(18)32(4,28)29/h6-9,11-12,14,22H,5,10,13H2,1-4H3. The monoisotopic (exact) mass is 468 g/mol. The zero-order valence-corrected chi connectivity index (χ0v) is 19.2. The number of alkyl halides is 2. The van der Waals surface area contributed by atoms with Gasteiger partial charge < -0.3 is 14.4 Å². The van der Waals surface area contributed by atoms with Crippen molar-refractivity contribution in [3.05, 3.63) is 53.1 Å². The largest absolute Gasteiger partial charge is 0.490 e. The van der Waals surface area contributed by atoms with E-state index in [-0.39, 0.29) is 36.6 Å². The summed E-state index contributed by atoms with van der Waals surface area (Å²) in [7, 11) is -1.78. The Labute approximate surface area is 186 Å². The molecular weight excluding hydrogens is 442 g/mol. The Balaban J connectivity index is 1.78. The lowest BCUT2D eigenvalue weighted by Gasteiger charge is -2.22. The maximum absolute atomic E-state index is 13.0. The van der Waals surface area contributed by atoms with E-state index in [1.807, 2.05) is 6.92 Å². The van der Waals surface area contributed by atoms with Crippen LogP contribution in [0.15, 0.2) is 36.4 Å². The molecule has 0 fully saturated rings. The molecule has 3 rings (SSSR count). The molecule has 32 heavy (non-hydrogen) atoms. The molecule has 2 aromatic rings. The van der Waals surface area contributed by atoms with Gasteiger partial charge in [-0.3, -0.25) is 9.10 Å². The molecule has 0 radical (unpaired) electrons. The van der Waals surface area contributed by atoms with Crippen LogP contribution < -0.4 is 13.8 Å². The van der Waals surface area contributed by atoms with Crippen LogP contribution in [0, 0.1) is 0 Å². The number of hydrogen-bond acceptors (Lipinski definition) is 5. The molecule has 7 nitrogen and oxygen atoms in total. The summed E-state index contributed by atoms with van der Waals surface area (Å²) in [6.45, 7) is 1.08. The lowest BCUT2D eigenvalue weighted by molar-refractivity contribution is -0.0514. The number of carbonyl (C=O) groups excluding carboxylic acids is 1. The Morgan fingerprint density at radius 2 is 1.94 bits per heavy atom. The van der Waals surface area contributed by atoms with Crippen molar-refractivity contribution in [2.24, 2.45) is 0 Å². The fourth-order valence-electron chi connectivity index (χ4n) is 3.92. The molecule has 0 N–H and O–H groups in total. The third-order valence-corrected chi connectivity index (χ3v) is 6.40. The maximum Gasteiger partial charge on any atom is 0.387 e. The summed E-state index contributed by atoms with van der Waals surface area (Å²) >= 11 is 0. The normalized spacial score (nSPS) is 15.6. The molecule has 0 saturated heterocycles. The maximum atomic E-state index is 13.0. The fraction of sp³-hybridized carbons (Fsp3) is 0.409. The van der Waals surface area contributed by atoms with Crippen LogP contribution in [0.25, 0.3) is 0 Å². The topological polar surface area (TPSA) is 76.2 Å². The van der Waals surface area contributed by atoms with Crippen LogP contribution in [-0.4, -0.2) is 51.8 Å². The summed E-state index contributed by atoms with van der Waals surface area (Å²) in [4.78, 5) is 14.5. The van der Waals surface area contributed by atoms with Crippen molar-refractivity contribution in [2.45, 2.75) is 39.5 Å². The van der Waals surface area contributed by atoms with Crippen molar-refractivity contribution in [1.82, 2.24) is 4.90 Å². The lowest BCUT2D eigenvalue weighted by Crippen LogP contribution is -2.34. The molecule has 1 atom stereocenters. The molecule has 1 aliphatic rings. The molecule has 0 saturated carbocycles. The average molecular weight is 469 g/mol. The predicted molar refractivity (Wildman–Crippen MR) is 117 cm³/mol. The quantitative estimate of drug-likeness (QED) is 0.591. The van der Waals surface area contributed by atoms with Crippen molar-refractivity contribution in [3.8, 4) is 11.5 Å². The Morgan fingerprint density at radius 1 is 1.22 bits per heavy atom. The SMILES string of the molecule is CCOc1cc(CN(C)C(=O)c2ccc3c(c2)CC(C)N3S(C)(=O)=O)ccc1OC(F)F. The third kappa shape index (κ3) is 5.12. The van der Waals surface area contributed by atoms with Crippen molar-refractivity contribution >= 4 is 21.6 Å². The van der Waals surface area contributed by atoms with Gasteiger partial charge in [-0.25, -0.2) is 8.42 Å². The summed E-state index contributed by atoms with van der Waals surface area (Å²) in [5, 5.41) is 0. The second-order valence-corrected chi connectivity index (χ2v) is 9.57. The number of ether oxygens (including phenoxy) is 2. The molecule has 0 spiro atoms. The molecule has 1 heterocycles. The third-order valence-electron chi connectivity index (χ3n) is 5.13. The van der Waals surface area contributed by atoms with Gasteiger partial charge in [-0.15, -0.1) is 0 Å². The van der Waals surface area contributed by atoms with Crippen LogP contribution in [0.4, 0.5) is 14.5 Å². The van der Waals surface area contributed by atoms with Gasteiger partial charge in [0.1, 0.15) is 0 Å². The minimum atomic E-state index is -3.41. The molecule has 10 heteroatoms. The molecule has 2 aromatic carbocycles. The van der Waals surface area contributed by atoms with E-state index in [0.29, 0.717) is 23.2 Å². The molecule has 0 bridgehead atoms. The molecule has 1 aliphatic heterocycles. The van der Waals surface area contributed by atoms with E-state index in [9.17, 15) is 22.0 Å². The van der Waals surface area contributed by atoms with Crippen LogP contribution in [0.3, 0.4) is 0 Å². The lowest BCUT2D eigenvalue weighted by atomic mass is 10.1. The number of benzene rings is 2. The highest BCUT2D eigenvalue weighted by Gasteiger charge is 2.33. The van der Waals surface area contributed by atoms with E-state index in [2.05, 4.69) is 4.74 Å². The Morgan fingerprint density at radius 3 is 2.56 bits per heavy atom. The van der Waals surface area contributed by atoms with E-state index in [0.717, 1.165) is 5.56 Å². The summed E-state index contributed by atoms with van der Waals surface area (Å²) in [6, 6.07) is 9.33. The second-order valence-electron chi connectivity index (χ2n) is 7.71. The van der Waals surface area contributed by atoms with Gasteiger partial charge in [-0.1, -0.05) is 6.07 Å². The number of hydrogen-bond donors (Lipinski definition) is 0. The van der Waals surface area contributed by atoms with E-state index in [1.165, 1.54) is 21.5 Å². The van der Waals surface area contributed by atoms with E-state index in [4.69, 9.17) is 4.74 Å². The Hall–Kier alpha value is -2.88. The highest BCUT2D eigenvalue weighted by molar-refractivity contribution is 7.92. The van der Waals surface area contributed by atoms with Crippen molar-refractivity contribution < 1.29 is 31.5 Å². The van der Waals surface area contributed by atoms with Gasteiger partial charge in [0, 0.05) is 25.2 Å². The molecule has 174 valence electrons. The first kappa shape index (κ1) is 23.8. The zero-order valence-electron chi connectivity index (χ0n) is 18.3. The molecule has 1 unspecified atom stereocenters. The van der Waals surface area contributed by atoms with Gasteiger partial charge in [-0.2, -0.15) is 8.78 Å². The van der Waals surface area contributed by atoms with Crippen LogP contribution in [-0.2, 0) is 23.0 Å². The second kappa shape index (κ2) is 9.32. The number of fused-ring (bicyclic) bond motifs is 1. The molecule has 1 amide bonds. The van der Waals surface area contributed by atoms with E-state index in [1.54, 1.807) is 44.3 Å². The summed E-state index contributed by atoms with van der Waals surface area (Å²) < 4.78 is 60.6. The van der Waals surface area contributed by atoms with Gasteiger partial charge >= 0.3 is 6.61 Å². The number of halogens is 2. The smallest absolute Gasteiger partial charge is 0.387 e. The fourth-order valence-corrected chi connectivity index (χ4v) is 5.18. The predicted octanol–water partition coefficient (Wildman–Crippen LogP) is 3.67. The van der Waals surface area contributed by atoms with Crippen LogP contribution in [0.5, 0.6) is 11.5 Å². The van der Waals surface area contributed by atoms with Crippen molar-refractivity contribution in [2.75, 3.05) is 24.2 Å². The Kier molecular flexibility index (Phi) is 6.92. The van der Waals surface area contributed by atoms with Crippen molar-refractivity contribution in [3.63, 3.8) is 0 Å². The summed E-state index contributed by atoms with van der Waals surface area (Å²) in [6.07, 6.45) is 1.69. The number of amides is 1. The molecular formula is C22H26F2N2O5S. The molecule has 0 aromatic heterocycles.